The predicted molar refractivity (Wildman–Crippen MR) is 152 cm³/mol. The lowest BCUT2D eigenvalue weighted by Gasteiger charge is -2.40. The highest BCUT2D eigenvalue weighted by Crippen LogP contribution is 2.31. The van der Waals surface area contributed by atoms with Crippen molar-refractivity contribution in [2.45, 2.75) is 13.0 Å². The molecule has 1 saturated heterocycles. The lowest BCUT2D eigenvalue weighted by molar-refractivity contribution is 0.0599. The Morgan fingerprint density at radius 3 is 2.11 bits per heavy atom. The lowest BCUT2D eigenvalue weighted by Crippen LogP contribution is -2.49. The average molecular weight is 499 g/mol. The number of amides is 1. The summed E-state index contributed by atoms with van der Waals surface area (Å²) < 4.78 is 0. The highest BCUT2D eigenvalue weighted by atomic mass is 16.2. The van der Waals surface area contributed by atoms with Gasteiger partial charge in [-0.25, -0.2) is 4.98 Å². The molecule has 0 unspecified atom stereocenters. The molecule has 3 heterocycles. The summed E-state index contributed by atoms with van der Waals surface area (Å²) in [5, 5.41) is 0.900. The standard InChI is InChI=1S/C33H30N4O/c1-24-14-15-30-28(21-24)29(22-31(35-30)27-13-8-16-34-23-27)33(38)37-19-17-36(18-20-37)32(25-9-4-2-5-10-25)26-11-6-3-7-12-26/h2-16,21-23,32H,17-20H2,1H3. The number of aromatic nitrogens is 2. The first kappa shape index (κ1) is 24.0. The summed E-state index contributed by atoms with van der Waals surface area (Å²) in [6, 6.07) is 33.4. The third kappa shape index (κ3) is 4.81. The molecule has 0 saturated carbocycles. The Kier molecular flexibility index (Phi) is 6.67. The van der Waals surface area contributed by atoms with Crippen LogP contribution >= 0.6 is 0 Å². The van der Waals surface area contributed by atoms with Gasteiger partial charge in [0.25, 0.3) is 5.91 Å². The average Bonchev–Trinajstić information content (AvgIpc) is 2.98. The van der Waals surface area contributed by atoms with Crippen LogP contribution in [0, 0.1) is 6.92 Å². The van der Waals surface area contributed by atoms with E-state index in [1.165, 1.54) is 11.1 Å². The fraction of sp³-hybridized carbons (Fsp3) is 0.182. The van der Waals surface area contributed by atoms with E-state index in [0.29, 0.717) is 18.7 Å². The van der Waals surface area contributed by atoms with E-state index in [1.54, 1.807) is 12.4 Å². The van der Waals surface area contributed by atoms with Crippen molar-refractivity contribution >= 4 is 16.8 Å². The zero-order valence-electron chi connectivity index (χ0n) is 21.5. The Balaban J connectivity index is 1.29. The number of hydrogen-bond donors (Lipinski definition) is 0. The van der Waals surface area contributed by atoms with Crippen LogP contribution in [0.4, 0.5) is 0 Å². The van der Waals surface area contributed by atoms with Gasteiger partial charge in [0, 0.05) is 49.5 Å². The fourth-order valence-corrected chi connectivity index (χ4v) is 5.42. The topological polar surface area (TPSA) is 49.3 Å². The molecule has 6 rings (SSSR count). The van der Waals surface area contributed by atoms with E-state index in [4.69, 9.17) is 4.98 Å². The third-order valence-electron chi connectivity index (χ3n) is 7.35. The van der Waals surface area contributed by atoms with Crippen LogP contribution in [0.2, 0.25) is 0 Å². The second-order valence-electron chi connectivity index (χ2n) is 9.87. The van der Waals surface area contributed by atoms with Crippen LogP contribution in [0.3, 0.4) is 0 Å². The van der Waals surface area contributed by atoms with E-state index < -0.39 is 0 Å². The third-order valence-corrected chi connectivity index (χ3v) is 7.35. The summed E-state index contributed by atoms with van der Waals surface area (Å²) in [6.45, 7) is 5.00. The number of pyridine rings is 2. The molecule has 0 N–H and O–H groups in total. The molecule has 38 heavy (non-hydrogen) atoms. The number of carbonyl (C=O) groups excluding carboxylic acids is 1. The van der Waals surface area contributed by atoms with Crippen molar-refractivity contribution in [3.05, 3.63) is 132 Å². The first-order valence-electron chi connectivity index (χ1n) is 13.1. The molecule has 2 aromatic heterocycles. The second kappa shape index (κ2) is 10.6. The summed E-state index contributed by atoms with van der Waals surface area (Å²) in [5.41, 5.74) is 6.86. The predicted octanol–water partition coefficient (Wildman–Crippen LogP) is 6.15. The Hall–Kier alpha value is -4.35. The summed E-state index contributed by atoms with van der Waals surface area (Å²) in [5.74, 6) is 0.0590. The smallest absolute Gasteiger partial charge is 0.254 e. The fourth-order valence-electron chi connectivity index (χ4n) is 5.42. The highest BCUT2D eigenvalue weighted by Gasteiger charge is 2.29. The van der Waals surface area contributed by atoms with Gasteiger partial charge in [-0.2, -0.15) is 0 Å². The van der Waals surface area contributed by atoms with E-state index in [1.807, 2.05) is 35.2 Å². The van der Waals surface area contributed by atoms with Gasteiger partial charge in [0.2, 0.25) is 0 Å². The van der Waals surface area contributed by atoms with Crippen LogP contribution in [-0.2, 0) is 0 Å². The minimum absolute atomic E-state index is 0.0590. The largest absolute Gasteiger partial charge is 0.336 e. The zero-order chi connectivity index (χ0) is 25.9. The zero-order valence-corrected chi connectivity index (χ0v) is 21.5. The first-order valence-corrected chi connectivity index (χ1v) is 13.1. The van der Waals surface area contributed by atoms with Crippen molar-refractivity contribution in [3.8, 4) is 11.3 Å². The molecular weight excluding hydrogens is 468 g/mol. The number of carbonyl (C=O) groups is 1. The quantitative estimate of drug-likeness (QED) is 0.292. The van der Waals surface area contributed by atoms with Crippen LogP contribution in [0.5, 0.6) is 0 Å². The van der Waals surface area contributed by atoms with Crippen LogP contribution in [-0.4, -0.2) is 51.9 Å². The summed E-state index contributed by atoms with van der Waals surface area (Å²) in [7, 11) is 0. The molecule has 3 aromatic carbocycles. The van der Waals surface area contributed by atoms with Gasteiger partial charge < -0.3 is 4.90 Å². The van der Waals surface area contributed by atoms with E-state index in [2.05, 4.69) is 83.5 Å². The van der Waals surface area contributed by atoms with Gasteiger partial charge in [0.1, 0.15) is 0 Å². The number of benzene rings is 3. The van der Waals surface area contributed by atoms with Gasteiger partial charge >= 0.3 is 0 Å². The van der Waals surface area contributed by atoms with Crippen LogP contribution < -0.4 is 0 Å². The number of rotatable bonds is 5. The minimum Gasteiger partial charge on any atom is -0.336 e. The van der Waals surface area contributed by atoms with Gasteiger partial charge in [-0.3, -0.25) is 14.7 Å². The minimum atomic E-state index is 0.0590. The Morgan fingerprint density at radius 1 is 0.789 bits per heavy atom. The van der Waals surface area contributed by atoms with Gasteiger partial charge in [0.05, 0.1) is 22.8 Å². The van der Waals surface area contributed by atoms with Crippen molar-refractivity contribution in [1.82, 2.24) is 19.8 Å². The summed E-state index contributed by atoms with van der Waals surface area (Å²) in [6.07, 6.45) is 3.54. The number of piperazine rings is 1. The molecule has 0 spiro atoms. The van der Waals surface area contributed by atoms with E-state index in [0.717, 1.165) is 40.8 Å². The molecule has 5 nitrogen and oxygen atoms in total. The van der Waals surface area contributed by atoms with Gasteiger partial charge in [-0.1, -0.05) is 72.3 Å². The molecule has 5 heteroatoms. The van der Waals surface area contributed by atoms with Gasteiger partial charge in [-0.05, 0) is 48.4 Å². The van der Waals surface area contributed by atoms with Crippen LogP contribution in [0.15, 0.2) is 109 Å². The number of nitrogens with zero attached hydrogens (tertiary/aromatic N) is 4. The number of hydrogen-bond acceptors (Lipinski definition) is 4. The Morgan fingerprint density at radius 2 is 1.47 bits per heavy atom. The molecule has 1 fully saturated rings. The maximum Gasteiger partial charge on any atom is 0.254 e. The van der Waals surface area contributed by atoms with E-state index >= 15 is 0 Å². The molecule has 0 atom stereocenters. The molecule has 0 bridgehead atoms. The molecular formula is C33H30N4O. The molecule has 1 amide bonds. The molecule has 5 aromatic rings. The molecule has 1 aliphatic heterocycles. The Bertz CT molecular complexity index is 1510. The lowest BCUT2D eigenvalue weighted by atomic mass is 9.96. The monoisotopic (exact) mass is 498 g/mol. The number of aryl methyl sites for hydroxylation is 1. The second-order valence-corrected chi connectivity index (χ2v) is 9.87. The normalized spacial score (nSPS) is 14.2. The van der Waals surface area contributed by atoms with Crippen LogP contribution in [0.25, 0.3) is 22.2 Å². The maximum absolute atomic E-state index is 14.0. The molecule has 188 valence electrons. The molecule has 0 radical (unpaired) electrons. The number of fused-ring (bicyclic) bond motifs is 1. The highest BCUT2D eigenvalue weighted by molar-refractivity contribution is 6.07. The van der Waals surface area contributed by atoms with Crippen LogP contribution in [0.1, 0.15) is 33.1 Å². The molecule has 1 aliphatic rings. The Labute approximate surface area is 223 Å². The van der Waals surface area contributed by atoms with Crippen molar-refractivity contribution in [2.75, 3.05) is 26.2 Å². The SMILES string of the molecule is Cc1ccc2nc(-c3cccnc3)cc(C(=O)N3CCN(C(c4ccccc4)c4ccccc4)CC3)c2c1. The van der Waals surface area contributed by atoms with Crippen molar-refractivity contribution in [3.63, 3.8) is 0 Å². The van der Waals surface area contributed by atoms with Crippen molar-refractivity contribution < 1.29 is 4.79 Å². The van der Waals surface area contributed by atoms with Gasteiger partial charge in [-0.15, -0.1) is 0 Å². The van der Waals surface area contributed by atoms with Crippen molar-refractivity contribution in [2.24, 2.45) is 0 Å². The van der Waals surface area contributed by atoms with E-state index in [9.17, 15) is 4.79 Å². The van der Waals surface area contributed by atoms with Gasteiger partial charge in [0.15, 0.2) is 0 Å². The summed E-state index contributed by atoms with van der Waals surface area (Å²) in [4.78, 5) is 27.6. The van der Waals surface area contributed by atoms with E-state index in [-0.39, 0.29) is 11.9 Å². The first-order chi connectivity index (χ1) is 18.7. The maximum atomic E-state index is 14.0. The summed E-state index contributed by atoms with van der Waals surface area (Å²) >= 11 is 0. The molecule has 0 aliphatic carbocycles. The van der Waals surface area contributed by atoms with Crippen molar-refractivity contribution in [1.29, 1.82) is 0 Å².